The van der Waals surface area contributed by atoms with Gasteiger partial charge in [0, 0.05) is 5.39 Å². The summed E-state index contributed by atoms with van der Waals surface area (Å²) in [6, 6.07) is 1.68. The lowest BCUT2D eigenvalue weighted by atomic mass is 10.1. The van der Waals surface area contributed by atoms with Crippen molar-refractivity contribution >= 4 is 10.8 Å². The Kier molecular flexibility index (Phi) is 2.08. The minimum atomic E-state index is -1.74. The first kappa shape index (κ1) is 10.4. The normalized spacial score (nSPS) is 10.9. The van der Waals surface area contributed by atoms with Crippen molar-refractivity contribution in [2.75, 3.05) is 0 Å². The summed E-state index contributed by atoms with van der Waals surface area (Å²) in [6.45, 7) is 0. The molecule has 3 N–H and O–H groups in total. The Morgan fingerprint density at radius 2 is 1.38 bits per heavy atom. The minimum Gasteiger partial charge on any atom is -0.504 e. The van der Waals surface area contributed by atoms with E-state index in [9.17, 15) is 23.4 Å². The van der Waals surface area contributed by atoms with Crippen LogP contribution in [0.4, 0.5) is 13.2 Å². The van der Waals surface area contributed by atoms with Gasteiger partial charge in [0.05, 0.1) is 5.39 Å². The smallest absolute Gasteiger partial charge is 0.205 e. The largest absolute Gasteiger partial charge is 0.504 e. The minimum absolute atomic E-state index is 0.379. The molecule has 0 radical (unpaired) electrons. The number of phenolic OH excluding ortho intramolecular Hbond substituents is 3. The SMILES string of the molecule is Oc1c(F)c(F)c2c(O)c(F)ccc2c1O. The lowest BCUT2D eigenvalue weighted by molar-refractivity contribution is 0.368. The van der Waals surface area contributed by atoms with Gasteiger partial charge in [-0.2, -0.15) is 4.39 Å². The molecule has 0 atom stereocenters. The molecule has 0 fully saturated rings. The Morgan fingerprint density at radius 3 is 2.00 bits per heavy atom. The fourth-order valence-electron chi connectivity index (χ4n) is 1.43. The third-order valence-corrected chi connectivity index (χ3v) is 2.23. The van der Waals surface area contributed by atoms with Crippen molar-refractivity contribution in [3.63, 3.8) is 0 Å². The molecule has 0 aliphatic carbocycles. The lowest BCUT2D eigenvalue weighted by Crippen LogP contribution is -1.91. The average Bonchev–Trinajstić information content (AvgIpc) is 2.27. The van der Waals surface area contributed by atoms with Crippen molar-refractivity contribution in [2.24, 2.45) is 0 Å². The molecule has 0 heterocycles. The van der Waals surface area contributed by atoms with Crippen LogP contribution in [0.5, 0.6) is 17.2 Å². The van der Waals surface area contributed by atoms with E-state index >= 15 is 0 Å². The van der Waals surface area contributed by atoms with E-state index in [1.807, 2.05) is 0 Å². The molecule has 84 valence electrons. The number of hydrogen-bond acceptors (Lipinski definition) is 3. The molecule has 2 aromatic rings. The van der Waals surface area contributed by atoms with E-state index in [0.717, 1.165) is 12.1 Å². The van der Waals surface area contributed by atoms with Crippen LogP contribution in [0.15, 0.2) is 12.1 Å². The van der Waals surface area contributed by atoms with Gasteiger partial charge in [-0.1, -0.05) is 0 Å². The van der Waals surface area contributed by atoms with Crippen LogP contribution in [0.3, 0.4) is 0 Å². The first-order valence-electron chi connectivity index (χ1n) is 4.15. The number of halogens is 3. The van der Waals surface area contributed by atoms with Crippen molar-refractivity contribution in [3.05, 3.63) is 29.6 Å². The number of phenols is 3. The van der Waals surface area contributed by atoms with Crippen LogP contribution in [-0.2, 0) is 0 Å². The van der Waals surface area contributed by atoms with Gasteiger partial charge in [-0.3, -0.25) is 0 Å². The molecule has 0 bridgehead atoms. The Morgan fingerprint density at radius 1 is 0.750 bits per heavy atom. The molecule has 16 heavy (non-hydrogen) atoms. The Bertz CT molecular complexity index is 596. The number of fused-ring (bicyclic) bond motifs is 1. The number of hydrogen-bond donors (Lipinski definition) is 3. The van der Waals surface area contributed by atoms with E-state index in [-0.39, 0.29) is 5.39 Å². The number of benzene rings is 2. The fourth-order valence-corrected chi connectivity index (χ4v) is 1.43. The second-order valence-corrected chi connectivity index (χ2v) is 3.14. The van der Waals surface area contributed by atoms with Gasteiger partial charge in [-0.25, -0.2) is 8.78 Å². The second-order valence-electron chi connectivity index (χ2n) is 3.14. The van der Waals surface area contributed by atoms with Gasteiger partial charge in [0.15, 0.2) is 28.9 Å². The molecule has 2 aromatic carbocycles. The summed E-state index contributed by atoms with van der Waals surface area (Å²) in [5.74, 6) is -7.88. The topological polar surface area (TPSA) is 60.7 Å². The molecular formula is C10H5F3O3. The maximum atomic E-state index is 13.3. The Balaban J connectivity index is 3.09. The van der Waals surface area contributed by atoms with Gasteiger partial charge in [-0.05, 0) is 12.1 Å². The summed E-state index contributed by atoms with van der Waals surface area (Å²) in [5, 5.41) is 26.3. The number of rotatable bonds is 0. The van der Waals surface area contributed by atoms with Crippen molar-refractivity contribution < 1.29 is 28.5 Å². The van der Waals surface area contributed by atoms with E-state index in [0.29, 0.717) is 0 Å². The molecule has 0 saturated heterocycles. The lowest BCUT2D eigenvalue weighted by Gasteiger charge is -2.08. The average molecular weight is 230 g/mol. The van der Waals surface area contributed by atoms with E-state index in [1.54, 1.807) is 0 Å². The third-order valence-electron chi connectivity index (χ3n) is 2.23. The predicted octanol–water partition coefficient (Wildman–Crippen LogP) is 2.37. The van der Waals surface area contributed by atoms with Crippen LogP contribution in [-0.4, -0.2) is 15.3 Å². The number of aromatic hydroxyl groups is 3. The zero-order valence-corrected chi connectivity index (χ0v) is 7.63. The fraction of sp³-hybridized carbons (Fsp3) is 0. The molecule has 6 heteroatoms. The van der Waals surface area contributed by atoms with E-state index < -0.39 is 40.1 Å². The van der Waals surface area contributed by atoms with Crippen molar-refractivity contribution in [1.82, 2.24) is 0 Å². The highest BCUT2D eigenvalue weighted by Gasteiger charge is 2.22. The summed E-state index contributed by atoms with van der Waals surface area (Å²) >= 11 is 0. The van der Waals surface area contributed by atoms with Crippen molar-refractivity contribution in [3.8, 4) is 17.2 Å². The summed E-state index contributed by atoms with van der Waals surface area (Å²) in [7, 11) is 0. The quantitative estimate of drug-likeness (QED) is 0.609. The summed E-state index contributed by atoms with van der Waals surface area (Å²) < 4.78 is 39.2. The van der Waals surface area contributed by atoms with Gasteiger partial charge in [0.1, 0.15) is 0 Å². The highest BCUT2D eigenvalue weighted by Crippen LogP contribution is 2.42. The van der Waals surface area contributed by atoms with Crippen LogP contribution < -0.4 is 0 Å². The molecule has 0 aromatic heterocycles. The zero-order valence-electron chi connectivity index (χ0n) is 7.63. The summed E-state index contributed by atoms with van der Waals surface area (Å²) in [4.78, 5) is 0. The van der Waals surface area contributed by atoms with Crippen molar-refractivity contribution in [1.29, 1.82) is 0 Å². The highest BCUT2D eigenvalue weighted by atomic mass is 19.2. The molecule has 2 rings (SSSR count). The molecule has 0 aliphatic heterocycles. The summed E-state index contributed by atoms with van der Waals surface area (Å²) in [5.41, 5.74) is 0. The maximum absolute atomic E-state index is 13.3. The van der Waals surface area contributed by atoms with E-state index in [1.165, 1.54) is 0 Å². The molecule has 0 aliphatic rings. The van der Waals surface area contributed by atoms with Gasteiger partial charge in [-0.15, -0.1) is 0 Å². The summed E-state index contributed by atoms with van der Waals surface area (Å²) in [6.07, 6.45) is 0. The van der Waals surface area contributed by atoms with Crippen LogP contribution in [0, 0.1) is 17.5 Å². The molecule has 0 amide bonds. The molecule has 0 saturated carbocycles. The third kappa shape index (κ3) is 1.16. The van der Waals surface area contributed by atoms with Crippen LogP contribution in [0.1, 0.15) is 0 Å². The van der Waals surface area contributed by atoms with Gasteiger partial charge < -0.3 is 15.3 Å². The standard InChI is InChI=1S/C10H5F3O3/c11-4-2-1-3-5(9(4)15)6(12)7(13)10(16)8(3)14/h1-2,14-16H. The monoisotopic (exact) mass is 230 g/mol. The first-order chi connectivity index (χ1) is 7.45. The van der Waals surface area contributed by atoms with Gasteiger partial charge in [0.25, 0.3) is 0 Å². The molecular weight excluding hydrogens is 225 g/mol. The van der Waals surface area contributed by atoms with Crippen molar-refractivity contribution in [2.45, 2.75) is 0 Å². The van der Waals surface area contributed by atoms with E-state index in [2.05, 4.69) is 0 Å². The molecule has 0 unspecified atom stereocenters. The van der Waals surface area contributed by atoms with Gasteiger partial charge >= 0.3 is 0 Å². The Labute approximate surface area is 87.0 Å². The maximum Gasteiger partial charge on any atom is 0.205 e. The second kappa shape index (κ2) is 3.19. The van der Waals surface area contributed by atoms with Crippen LogP contribution >= 0.6 is 0 Å². The molecule has 3 nitrogen and oxygen atoms in total. The van der Waals surface area contributed by atoms with Crippen LogP contribution in [0.25, 0.3) is 10.8 Å². The Hall–Kier alpha value is -2.11. The van der Waals surface area contributed by atoms with Gasteiger partial charge in [0.2, 0.25) is 5.82 Å². The highest BCUT2D eigenvalue weighted by molar-refractivity contribution is 5.95. The molecule has 0 spiro atoms. The van der Waals surface area contributed by atoms with E-state index in [4.69, 9.17) is 5.11 Å². The predicted molar refractivity (Wildman–Crippen MR) is 48.8 cm³/mol. The van der Waals surface area contributed by atoms with Crippen LogP contribution in [0.2, 0.25) is 0 Å². The zero-order chi connectivity index (χ0) is 12.0. The first-order valence-corrected chi connectivity index (χ1v) is 4.15.